The van der Waals surface area contributed by atoms with Gasteiger partial charge in [0.1, 0.15) is 0 Å². The fourth-order valence-corrected chi connectivity index (χ4v) is 3.52. The first-order valence-electron chi connectivity index (χ1n) is 8.10. The Morgan fingerprint density at radius 2 is 1.79 bits per heavy atom. The first-order chi connectivity index (χ1) is 9.09. The van der Waals surface area contributed by atoms with Gasteiger partial charge in [-0.25, -0.2) is 0 Å². The molecule has 3 fully saturated rings. The summed E-state index contributed by atoms with van der Waals surface area (Å²) < 4.78 is 0. The maximum absolute atomic E-state index is 12.7. The average Bonchev–Trinajstić information content (AvgIpc) is 3.29. The second kappa shape index (κ2) is 5.08. The van der Waals surface area contributed by atoms with Crippen LogP contribution in [0.25, 0.3) is 0 Å². The zero-order valence-corrected chi connectivity index (χ0v) is 12.4. The minimum atomic E-state index is -0.227. The van der Waals surface area contributed by atoms with Crippen LogP contribution < -0.4 is 10.6 Å². The number of carbonyl (C=O) groups excluding carboxylic acids is 1. The molecule has 3 rings (SSSR count). The number of hydrogen-bond donors (Lipinski definition) is 2. The maximum Gasteiger partial charge on any atom is 0.226 e. The summed E-state index contributed by atoms with van der Waals surface area (Å²) >= 11 is 0. The van der Waals surface area contributed by atoms with Gasteiger partial charge < -0.3 is 10.6 Å². The molecule has 2 aliphatic carbocycles. The summed E-state index contributed by atoms with van der Waals surface area (Å²) in [5.74, 6) is 2.36. The quantitative estimate of drug-likeness (QED) is 0.800. The van der Waals surface area contributed by atoms with Crippen molar-refractivity contribution in [1.29, 1.82) is 0 Å². The van der Waals surface area contributed by atoms with E-state index in [4.69, 9.17) is 0 Å². The highest BCUT2D eigenvalue weighted by Crippen LogP contribution is 2.45. The number of hydrogen-bond acceptors (Lipinski definition) is 2. The van der Waals surface area contributed by atoms with Crippen LogP contribution in [0.15, 0.2) is 0 Å². The Bertz CT molecular complexity index is 327. The summed E-state index contributed by atoms with van der Waals surface area (Å²) in [6.45, 7) is 6.38. The Labute approximate surface area is 116 Å². The second-order valence-electron chi connectivity index (χ2n) is 7.44. The van der Waals surface area contributed by atoms with Gasteiger partial charge in [0, 0.05) is 11.5 Å². The normalized spacial score (nSPS) is 28.5. The van der Waals surface area contributed by atoms with Crippen molar-refractivity contribution in [2.75, 3.05) is 13.1 Å². The molecule has 108 valence electrons. The molecular weight excluding hydrogens is 236 g/mol. The molecule has 1 amide bonds. The molecule has 3 heteroatoms. The first kappa shape index (κ1) is 13.4. The summed E-state index contributed by atoms with van der Waals surface area (Å²) in [7, 11) is 0. The minimum Gasteiger partial charge on any atom is -0.352 e. The smallest absolute Gasteiger partial charge is 0.226 e. The molecule has 3 nitrogen and oxygen atoms in total. The molecule has 2 saturated carbocycles. The van der Waals surface area contributed by atoms with Crippen molar-refractivity contribution < 1.29 is 4.79 Å². The average molecular weight is 264 g/mol. The van der Waals surface area contributed by atoms with Crippen molar-refractivity contribution in [3.8, 4) is 0 Å². The van der Waals surface area contributed by atoms with E-state index in [-0.39, 0.29) is 5.41 Å². The molecule has 2 N–H and O–H groups in total. The second-order valence-corrected chi connectivity index (χ2v) is 7.44. The molecule has 1 aliphatic heterocycles. The highest BCUT2D eigenvalue weighted by atomic mass is 16.2. The lowest BCUT2D eigenvalue weighted by molar-refractivity contribution is -0.133. The molecule has 0 radical (unpaired) electrons. The molecule has 0 aromatic carbocycles. The van der Waals surface area contributed by atoms with Gasteiger partial charge >= 0.3 is 0 Å². The monoisotopic (exact) mass is 264 g/mol. The standard InChI is InChI=1S/C16H28N2O/c1-16(2,13-4-3-9-17-10-13)15(19)18-14(11-5-6-11)12-7-8-12/h11-14,17H,3-10H2,1-2H3,(H,18,19). The summed E-state index contributed by atoms with van der Waals surface area (Å²) in [5, 5.41) is 6.85. The van der Waals surface area contributed by atoms with E-state index in [0.29, 0.717) is 17.9 Å². The van der Waals surface area contributed by atoms with Crippen LogP contribution in [-0.2, 0) is 4.79 Å². The Morgan fingerprint density at radius 3 is 2.26 bits per heavy atom. The Hall–Kier alpha value is -0.570. The lowest BCUT2D eigenvalue weighted by Crippen LogP contribution is -2.50. The van der Waals surface area contributed by atoms with Crippen LogP contribution in [0.5, 0.6) is 0 Å². The Balaban J connectivity index is 1.60. The number of carbonyl (C=O) groups is 1. The number of rotatable bonds is 5. The Morgan fingerprint density at radius 1 is 1.16 bits per heavy atom. The van der Waals surface area contributed by atoms with E-state index in [9.17, 15) is 4.79 Å². The summed E-state index contributed by atoms with van der Waals surface area (Å²) in [4.78, 5) is 12.7. The predicted octanol–water partition coefficient (Wildman–Crippen LogP) is 2.32. The Kier molecular flexibility index (Phi) is 3.59. The van der Waals surface area contributed by atoms with Crippen LogP contribution in [0.4, 0.5) is 0 Å². The first-order valence-corrected chi connectivity index (χ1v) is 8.10. The topological polar surface area (TPSA) is 41.1 Å². The molecule has 1 atom stereocenters. The van der Waals surface area contributed by atoms with E-state index in [0.717, 1.165) is 24.9 Å². The van der Waals surface area contributed by atoms with Crippen molar-refractivity contribution in [3.05, 3.63) is 0 Å². The third-order valence-corrected chi connectivity index (χ3v) is 5.46. The van der Waals surface area contributed by atoms with Crippen LogP contribution >= 0.6 is 0 Å². The van der Waals surface area contributed by atoms with Crippen molar-refractivity contribution in [3.63, 3.8) is 0 Å². The summed E-state index contributed by atoms with van der Waals surface area (Å²) in [5.41, 5.74) is -0.227. The molecular formula is C16H28N2O. The van der Waals surface area contributed by atoms with E-state index >= 15 is 0 Å². The lowest BCUT2D eigenvalue weighted by Gasteiger charge is -2.37. The minimum absolute atomic E-state index is 0.227. The third kappa shape index (κ3) is 2.96. The zero-order valence-electron chi connectivity index (χ0n) is 12.4. The third-order valence-electron chi connectivity index (χ3n) is 5.46. The van der Waals surface area contributed by atoms with Gasteiger partial charge in [0.05, 0.1) is 0 Å². The number of nitrogens with one attached hydrogen (secondary N) is 2. The van der Waals surface area contributed by atoms with Gasteiger partial charge in [0.2, 0.25) is 5.91 Å². The van der Waals surface area contributed by atoms with Crippen molar-refractivity contribution in [2.24, 2.45) is 23.2 Å². The van der Waals surface area contributed by atoms with Crippen LogP contribution in [0, 0.1) is 23.2 Å². The number of piperidine rings is 1. The van der Waals surface area contributed by atoms with E-state index in [1.54, 1.807) is 0 Å². The van der Waals surface area contributed by atoms with E-state index in [1.165, 1.54) is 38.5 Å². The highest BCUT2D eigenvalue weighted by Gasteiger charge is 2.45. The van der Waals surface area contributed by atoms with Crippen LogP contribution in [0.2, 0.25) is 0 Å². The molecule has 3 aliphatic rings. The van der Waals surface area contributed by atoms with Gasteiger partial charge in [-0.05, 0) is 69.4 Å². The predicted molar refractivity (Wildman–Crippen MR) is 76.8 cm³/mol. The molecule has 0 bridgehead atoms. The van der Waals surface area contributed by atoms with Gasteiger partial charge in [0.25, 0.3) is 0 Å². The van der Waals surface area contributed by atoms with Crippen molar-refractivity contribution in [2.45, 2.75) is 58.4 Å². The summed E-state index contributed by atoms with van der Waals surface area (Å²) in [6.07, 6.45) is 7.69. The molecule has 0 spiro atoms. The van der Waals surface area contributed by atoms with E-state index in [2.05, 4.69) is 24.5 Å². The van der Waals surface area contributed by atoms with Gasteiger partial charge in [-0.1, -0.05) is 13.8 Å². The molecule has 1 saturated heterocycles. The van der Waals surface area contributed by atoms with Crippen LogP contribution in [0.1, 0.15) is 52.4 Å². The molecule has 1 heterocycles. The molecule has 19 heavy (non-hydrogen) atoms. The van der Waals surface area contributed by atoms with Gasteiger partial charge in [-0.2, -0.15) is 0 Å². The van der Waals surface area contributed by atoms with E-state index < -0.39 is 0 Å². The lowest BCUT2D eigenvalue weighted by atomic mass is 9.74. The zero-order chi connectivity index (χ0) is 13.5. The van der Waals surface area contributed by atoms with E-state index in [1.807, 2.05) is 0 Å². The van der Waals surface area contributed by atoms with Crippen LogP contribution in [-0.4, -0.2) is 25.0 Å². The molecule has 0 aromatic heterocycles. The fraction of sp³-hybridized carbons (Fsp3) is 0.938. The molecule has 1 unspecified atom stereocenters. The largest absolute Gasteiger partial charge is 0.352 e. The maximum atomic E-state index is 12.7. The van der Waals surface area contributed by atoms with Gasteiger partial charge in [0.15, 0.2) is 0 Å². The van der Waals surface area contributed by atoms with Gasteiger partial charge in [-0.15, -0.1) is 0 Å². The SMILES string of the molecule is CC(C)(C(=O)NC(C1CC1)C1CC1)C1CCCNC1. The highest BCUT2D eigenvalue weighted by molar-refractivity contribution is 5.82. The fourth-order valence-electron chi connectivity index (χ4n) is 3.52. The molecule has 0 aromatic rings. The summed E-state index contributed by atoms with van der Waals surface area (Å²) in [6, 6.07) is 0.489. The van der Waals surface area contributed by atoms with Crippen molar-refractivity contribution >= 4 is 5.91 Å². The van der Waals surface area contributed by atoms with Gasteiger partial charge in [-0.3, -0.25) is 4.79 Å². The van der Waals surface area contributed by atoms with Crippen molar-refractivity contribution in [1.82, 2.24) is 10.6 Å². The number of amides is 1. The van der Waals surface area contributed by atoms with Crippen LogP contribution in [0.3, 0.4) is 0 Å².